The minimum absolute atomic E-state index is 0.00351. The van der Waals surface area contributed by atoms with Crippen LogP contribution in [0, 0.1) is 5.92 Å². The van der Waals surface area contributed by atoms with Crippen molar-refractivity contribution in [3.8, 4) is 11.5 Å². The number of imidazole rings is 1. The monoisotopic (exact) mass is 1900 g/mol. The molecule has 41 heteroatoms. The van der Waals surface area contributed by atoms with Crippen molar-refractivity contribution in [2.45, 2.75) is 235 Å². The molecule has 0 spiro atoms. The van der Waals surface area contributed by atoms with Gasteiger partial charge < -0.3 is 109 Å². The van der Waals surface area contributed by atoms with Gasteiger partial charge in [0, 0.05) is 106 Å². The molecule has 6 heterocycles. The third-order valence-electron chi connectivity index (χ3n) is 24.5. The molecule has 0 unspecified atom stereocenters. The predicted octanol–water partition coefficient (Wildman–Crippen LogP) is 1.55. The lowest BCUT2D eigenvalue weighted by atomic mass is 9.99. The van der Waals surface area contributed by atoms with Gasteiger partial charge in [0.2, 0.25) is 100 Å². The van der Waals surface area contributed by atoms with Crippen molar-refractivity contribution >= 4 is 145 Å². The number of nitrogens with one attached hydrogen (secondary N) is 12. The number of aromatic nitrogens is 3. The molecule has 0 saturated carbocycles. The first-order valence-electron chi connectivity index (χ1n) is 45.5. The number of likely N-dealkylation sites (N-methyl/N-ethyl adjacent to an activating group) is 3. The number of thiophene rings is 1. The molecule has 726 valence electrons. The molecule has 3 aromatic heterocycles. The fourth-order valence-corrected chi connectivity index (χ4v) is 18.7. The molecule has 0 aliphatic carbocycles. The van der Waals surface area contributed by atoms with E-state index in [1.165, 1.54) is 122 Å². The van der Waals surface area contributed by atoms with Crippen LogP contribution in [0.25, 0.3) is 21.0 Å². The van der Waals surface area contributed by atoms with Crippen LogP contribution in [0.3, 0.4) is 0 Å². The zero-order valence-electron chi connectivity index (χ0n) is 77.3. The Morgan fingerprint density at radius 1 is 0.511 bits per heavy atom. The summed E-state index contributed by atoms with van der Waals surface area (Å²) >= 11 is 2.18. The van der Waals surface area contributed by atoms with Gasteiger partial charge in [-0.1, -0.05) is 114 Å². The number of benzene rings is 4. The van der Waals surface area contributed by atoms with E-state index in [-0.39, 0.29) is 108 Å². The second-order valence-electron chi connectivity index (χ2n) is 35.0. The van der Waals surface area contributed by atoms with Gasteiger partial charge in [0.25, 0.3) is 0 Å². The van der Waals surface area contributed by atoms with E-state index in [1.807, 2.05) is 69.5 Å². The van der Waals surface area contributed by atoms with Gasteiger partial charge in [0.1, 0.15) is 96.1 Å². The van der Waals surface area contributed by atoms with Crippen molar-refractivity contribution in [2.24, 2.45) is 17.4 Å². The first-order chi connectivity index (χ1) is 64.4. The molecule has 7 aromatic rings. The maximum atomic E-state index is 16.0. The third-order valence-corrected chi connectivity index (χ3v) is 26.6. The highest BCUT2D eigenvalue weighted by atomic mass is 32.2. The normalized spacial score (nSPS) is 24.2. The molecule has 3 saturated heterocycles. The number of H-pyrrole nitrogens is 2. The Morgan fingerprint density at radius 2 is 1.02 bits per heavy atom. The van der Waals surface area contributed by atoms with Gasteiger partial charge in [0.15, 0.2) is 0 Å². The van der Waals surface area contributed by atoms with E-state index in [0.29, 0.717) is 64.5 Å². The molecule has 18 N–H and O–H groups in total. The number of carbonyl (C=O) groups excluding carboxylic acids is 17. The molecule has 17 amide bonds. The fourth-order valence-electron chi connectivity index (χ4n) is 16.9. The number of fused-ring (bicyclic) bond motifs is 4. The van der Waals surface area contributed by atoms with Crippen LogP contribution in [-0.4, -0.2) is 287 Å². The van der Waals surface area contributed by atoms with E-state index in [1.54, 1.807) is 18.3 Å². The number of carbonyl (C=O) groups is 17. The van der Waals surface area contributed by atoms with E-state index < -0.39 is 209 Å². The van der Waals surface area contributed by atoms with Gasteiger partial charge in [-0.3, -0.25) is 81.5 Å². The number of amides is 17. The van der Waals surface area contributed by atoms with Gasteiger partial charge in [-0.2, -0.15) is 0 Å². The number of hydrogen-bond acceptors (Lipinski definition) is 22. The standard InChI is InChI=1S/C94H124N20O19S2/c1-10-12-23-73-87(126)101-53(5)81(120)109-72(83(122)99-47-79(96)118)49-134-50-80(119)102-69(40-56-30-34-61(116)35-31-56)90(129)110(7)54(6)82(121)106-71(44-78(95)117)93(132)114-37-19-26-75(114)89(128)105-67(43-59-46-97-51-100-59)86(125)107-68(38-52(3)4)92(131)113-36-18-25-74(113)88(127)104-66(41-57-45-98-64-22-16-14-20-62(57)64)85(124)103-65(39-55-28-32-60(115)33-29-55)84(123)108-70(42-58-48-135-77-27-17-15-21-63(58)77)91(130)112(9)76(24-13-11-2)94(133)111(73)8/h14-17,20-22,27-35,45-46,48,51-54,65-76,98,115-116H,10-13,18-19,23-26,36-44,47,49-50H2,1-9H3,(H2,95,117)(H2,96,118)(H,97,100)(H,99,122)(H,101,126)(H,102,119)(H,103,124)(H,104,127)(H,105,128)(H,106,121)(H,107,125)(H,108,123)(H,109,120)/t53-,54-,65-,66-,67-,68-,69-,70-,71-,72-,73-,74-,75-,76-/m0/s1. The molecule has 0 bridgehead atoms. The number of aromatic hydroxyl groups is 2. The van der Waals surface area contributed by atoms with Gasteiger partial charge in [-0.05, 0) is 134 Å². The van der Waals surface area contributed by atoms with Crippen LogP contribution in [0.4, 0.5) is 0 Å². The maximum Gasteiger partial charge on any atom is 0.246 e. The number of para-hydroxylation sites is 1. The summed E-state index contributed by atoms with van der Waals surface area (Å²) in [6.07, 6.45) is 5.00. The topological polar surface area (TPSA) is 564 Å². The molecule has 10 rings (SSSR count). The summed E-state index contributed by atoms with van der Waals surface area (Å²) in [5, 5.41) is 51.3. The number of nitrogens with two attached hydrogens (primary N) is 2. The van der Waals surface area contributed by atoms with E-state index in [0.717, 1.165) is 31.6 Å². The molecular formula is C94H124N20O19S2. The first kappa shape index (κ1) is 104. The maximum absolute atomic E-state index is 16.0. The number of primary amides is 2. The number of aromatic amines is 2. The summed E-state index contributed by atoms with van der Waals surface area (Å²) in [5.41, 5.74) is 14.2. The molecule has 4 aromatic carbocycles. The minimum atomic E-state index is -1.75. The van der Waals surface area contributed by atoms with E-state index in [4.69, 9.17) is 11.5 Å². The summed E-state index contributed by atoms with van der Waals surface area (Å²) < 4.78 is 0.850. The quantitative estimate of drug-likeness (QED) is 0.0432. The summed E-state index contributed by atoms with van der Waals surface area (Å²) in [4.78, 5) is 267. The lowest BCUT2D eigenvalue weighted by Gasteiger charge is -2.36. The highest BCUT2D eigenvalue weighted by Crippen LogP contribution is 2.30. The van der Waals surface area contributed by atoms with Crippen molar-refractivity contribution in [3.05, 3.63) is 149 Å². The van der Waals surface area contributed by atoms with Crippen LogP contribution >= 0.6 is 23.1 Å². The Kier molecular flexibility index (Phi) is 37.6. The average Bonchev–Trinajstić information content (AvgIpc) is 1.73. The highest BCUT2D eigenvalue weighted by molar-refractivity contribution is 8.00. The zero-order chi connectivity index (χ0) is 98.0. The highest BCUT2D eigenvalue weighted by Gasteiger charge is 2.46. The Bertz CT molecular complexity index is 5400. The Hall–Kier alpha value is -13.5. The summed E-state index contributed by atoms with van der Waals surface area (Å²) in [7, 11) is 4.03. The second kappa shape index (κ2) is 49.0. The van der Waals surface area contributed by atoms with E-state index >= 15 is 33.6 Å². The van der Waals surface area contributed by atoms with Crippen molar-refractivity contribution in [1.29, 1.82) is 0 Å². The molecule has 14 atom stereocenters. The van der Waals surface area contributed by atoms with Crippen LogP contribution in [0.1, 0.15) is 147 Å². The Balaban J connectivity index is 1.02. The largest absolute Gasteiger partial charge is 0.508 e. The number of hydrogen-bond donors (Lipinski definition) is 16. The van der Waals surface area contributed by atoms with Crippen LogP contribution in [0.15, 0.2) is 121 Å². The zero-order valence-corrected chi connectivity index (χ0v) is 78.9. The number of unbranched alkanes of at least 4 members (excludes halogenated alkanes) is 2. The third kappa shape index (κ3) is 28.3. The van der Waals surface area contributed by atoms with Gasteiger partial charge in [-0.25, -0.2) is 4.98 Å². The van der Waals surface area contributed by atoms with Crippen molar-refractivity contribution < 1.29 is 91.7 Å². The average molecular weight is 1900 g/mol. The molecule has 3 fully saturated rings. The van der Waals surface area contributed by atoms with Gasteiger partial charge in [0.05, 0.1) is 25.0 Å². The van der Waals surface area contributed by atoms with Crippen molar-refractivity contribution in [2.75, 3.05) is 52.3 Å². The van der Waals surface area contributed by atoms with Crippen LogP contribution in [0.2, 0.25) is 0 Å². The van der Waals surface area contributed by atoms with Crippen LogP contribution < -0.4 is 64.6 Å². The first-order valence-corrected chi connectivity index (χ1v) is 47.5. The van der Waals surface area contributed by atoms with Crippen molar-refractivity contribution in [1.82, 2.24) is 92.6 Å². The predicted molar refractivity (Wildman–Crippen MR) is 503 cm³/mol. The van der Waals surface area contributed by atoms with E-state index in [2.05, 4.69) is 68.1 Å². The second-order valence-corrected chi connectivity index (χ2v) is 37.0. The summed E-state index contributed by atoms with van der Waals surface area (Å²) in [6.45, 7) is 9.20. The van der Waals surface area contributed by atoms with Crippen LogP contribution in [-0.2, 0) is 114 Å². The molecule has 3 aliphatic rings. The molecule has 39 nitrogen and oxygen atoms in total. The Labute approximate surface area is 790 Å². The molecular weight excluding hydrogens is 1780 g/mol. The van der Waals surface area contributed by atoms with Crippen LogP contribution in [0.5, 0.6) is 11.5 Å². The summed E-state index contributed by atoms with van der Waals surface area (Å²) in [6, 6.07) is 5.70. The number of rotatable bonds is 23. The molecule has 3 aliphatic heterocycles. The number of thioether (sulfide) groups is 1. The van der Waals surface area contributed by atoms with Gasteiger partial charge >= 0.3 is 0 Å². The summed E-state index contributed by atoms with van der Waals surface area (Å²) in [5.74, 6) is -16.2. The molecule has 0 radical (unpaired) electrons. The lowest BCUT2D eigenvalue weighted by molar-refractivity contribution is -0.149. The lowest BCUT2D eigenvalue weighted by Crippen LogP contribution is -2.61. The SMILES string of the molecule is CCCC[C@H]1C(=O)N(C)[C@@H](CCCC)C(=O)N[C@@H](C)C(=O)N[C@H](C(=O)NCC(N)=O)CSCC(=O)N[C@@H](Cc2ccc(O)cc2)C(=O)N(C)[C@@H](C)C(=O)N[C@@H](CC(N)=O)C(=O)N2CCC[C@H]2C(=O)N[C@@H](Cc2cnc[nH]2)C(=O)N[C@@H](CC(C)C)C(=O)N2CCC[C@H]2C(=O)N[C@@H](Cc2c[nH]c3ccccc23)C(=O)N[C@@H](Cc2ccc(O)cc2)C(=O)N[C@@H](Cc2csc3ccccc23)C(=O)N1C. The number of phenolic OH excluding ortho intramolecular Hbond substituents is 2. The Morgan fingerprint density at radius 3 is 1.61 bits per heavy atom. The number of nitrogens with zero attached hydrogens (tertiary/aromatic N) is 6. The van der Waals surface area contributed by atoms with Gasteiger partial charge in [-0.15, -0.1) is 23.1 Å². The minimum Gasteiger partial charge on any atom is -0.508 e. The molecule has 135 heavy (non-hydrogen) atoms. The van der Waals surface area contributed by atoms with E-state index in [9.17, 15) is 58.2 Å². The van der Waals surface area contributed by atoms with Crippen molar-refractivity contribution in [3.63, 3.8) is 0 Å². The smallest absolute Gasteiger partial charge is 0.246 e. The number of phenols is 2. The fraction of sp³-hybridized carbons (Fsp3) is 0.489.